The third kappa shape index (κ3) is 3.47. The van der Waals surface area contributed by atoms with Crippen LogP contribution in [0.5, 0.6) is 0 Å². The first-order valence-corrected chi connectivity index (χ1v) is 6.69. The highest BCUT2D eigenvalue weighted by atomic mass is 16.2. The molecular formula is C13H18N6O2. The van der Waals surface area contributed by atoms with Crippen LogP contribution in [0.25, 0.3) is 0 Å². The van der Waals surface area contributed by atoms with E-state index in [1.165, 1.54) is 6.07 Å². The zero-order valence-electron chi connectivity index (χ0n) is 12.0. The van der Waals surface area contributed by atoms with Gasteiger partial charge < -0.3 is 16.0 Å². The molecule has 0 radical (unpaired) electrons. The molecule has 2 heterocycles. The fourth-order valence-corrected chi connectivity index (χ4v) is 2.02. The number of carbonyl (C=O) groups excluding carboxylic acids is 1. The molecule has 0 spiro atoms. The minimum atomic E-state index is -0.306. The summed E-state index contributed by atoms with van der Waals surface area (Å²) < 4.78 is 0. The van der Waals surface area contributed by atoms with Crippen LogP contribution in [0.15, 0.2) is 10.9 Å². The number of nitrogens with two attached hydrogens (primary N) is 1. The molecule has 0 unspecified atom stereocenters. The van der Waals surface area contributed by atoms with E-state index in [0.717, 1.165) is 17.7 Å². The van der Waals surface area contributed by atoms with Gasteiger partial charge in [-0.2, -0.15) is 5.10 Å². The van der Waals surface area contributed by atoms with Crippen LogP contribution in [0, 0.1) is 6.92 Å². The fraction of sp³-hybridized carbons (Fsp3) is 0.385. The van der Waals surface area contributed by atoms with Crippen LogP contribution in [0.2, 0.25) is 0 Å². The van der Waals surface area contributed by atoms with E-state index in [2.05, 4.69) is 25.5 Å². The van der Waals surface area contributed by atoms with Crippen molar-refractivity contribution in [2.45, 2.75) is 26.7 Å². The van der Waals surface area contributed by atoms with Crippen molar-refractivity contribution < 1.29 is 4.79 Å². The molecule has 2 aromatic rings. The van der Waals surface area contributed by atoms with Crippen molar-refractivity contribution in [1.82, 2.24) is 25.5 Å². The van der Waals surface area contributed by atoms with Gasteiger partial charge in [0.2, 0.25) is 0 Å². The third-order valence-corrected chi connectivity index (χ3v) is 3.14. The van der Waals surface area contributed by atoms with Crippen LogP contribution in [-0.2, 0) is 12.8 Å². The summed E-state index contributed by atoms with van der Waals surface area (Å²) in [5.74, 6) is 0.346. The van der Waals surface area contributed by atoms with Crippen LogP contribution in [0.4, 0.5) is 5.82 Å². The molecule has 0 saturated carbocycles. The van der Waals surface area contributed by atoms with Gasteiger partial charge in [-0.1, -0.05) is 6.92 Å². The van der Waals surface area contributed by atoms with Crippen molar-refractivity contribution in [2.24, 2.45) is 0 Å². The zero-order valence-corrected chi connectivity index (χ0v) is 12.0. The van der Waals surface area contributed by atoms with Gasteiger partial charge in [-0.05, 0) is 13.3 Å². The Kier molecular flexibility index (Phi) is 4.36. The zero-order chi connectivity index (χ0) is 15.4. The molecular weight excluding hydrogens is 272 g/mol. The molecule has 21 heavy (non-hydrogen) atoms. The highest BCUT2D eigenvalue weighted by Gasteiger charge is 2.14. The molecule has 0 aliphatic heterocycles. The molecule has 0 bridgehead atoms. The van der Waals surface area contributed by atoms with Crippen LogP contribution in [-0.4, -0.2) is 32.6 Å². The predicted molar refractivity (Wildman–Crippen MR) is 78.0 cm³/mol. The molecule has 8 heteroatoms. The van der Waals surface area contributed by atoms with E-state index in [0.29, 0.717) is 24.5 Å². The number of hydrogen-bond donors (Lipinski definition) is 4. The number of anilines is 1. The number of carbonyl (C=O) groups is 1. The first kappa shape index (κ1) is 14.8. The van der Waals surface area contributed by atoms with Crippen LogP contribution >= 0.6 is 0 Å². The normalized spacial score (nSPS) is 10.6. The standard InChI is InChI=1S/C13H18N6O2/c1-3-8-7(2)12(19-18-8)13(21)15-5-4-10-16-9(14)6-11(20)17-10/h6H,3-5H2,1-2H3,(H,15,21)(H,18,19)(H3,14,16,17,20). The maximum absolute atomic E-state index is 12.0. The SMILES string of the molecule is CCc1[nH]nc(C(=O)NCCc2nc(N)cc(=O)[nH]2)c1C. The van der Waals surface area contributed by atoms with Gasteiger partial charge in [-0.3, -0.25) is 14.7 Å². The van der Waals surface area contributed by atoms with E-state index < -0.39 is 0 Å². The van der Waals surface area contributed by atoms with Crippen LogP contribution in [0.1, 0.15) is 34.5 Å². The molecule has 1 amide bonds. The summed E-state index contributed by atoms with van der Waals surface area (Å²) in [5.41, 5.74) is 7.37. The van der Waals surface area contributed by atoms with Crippen molar-refractivity contribution in [3.63, 3.8) is 0 Å². The van der Waals surface area contributed by atoms with Crippen molar-refractivity contribution >= 4 is 11.7 Å². The van der Waals surface area contributed by atoms with Gasteiger partial charge in [0.05, 0.1) is 0 Å². The Morgan fingerprint density at radius 1 is 1.48 bits per heavy atom. The second-order valence-electron chi connectivity index (χ2n) is 4.65. The smallest absolute Gasteiger partial charge is 0.272 e. The first-order chi connectivity index (χ1) is 10.0. The summed E-state index contributed by atoms with van der Waals surface area (Å²) in [7, 11) is 0. The lowest BCUT2D eigenvalue weighted by Crippen LogP contribution is -2.27. The van der Waals surface area contributed by atoms with E-state index in [-0.39, 0.29) is 17.3 Å². The summed E-state index contributed by atoms with van der Waals surface area (Å²) in [6.07, 6.45) is 1.18. The van der Waals surface area contributed by atoms with Crippen molar-refractivity contribution in [3.8, 4) is 0 Å². The van der Waals surface area contributed by atoms with Gasteiger partial charge in [0.1, 0.15) is 11.6 Å². The van der Waals surface area contributed by atoms with Gasteiger partial charge in [0.25, 0.3) is 11.5 Å². The number of nitrogens with zero attached hydrogens (tertiary/aromatic N) is 2. The maximum Gasteiger partial charge on any atom is 0.272 e. The Bertz CT molecular complexity index is 703. The average Bonchev–Trinajstić information content (AvgIpc) is 2.78. The van der Waals surface area contributed by atoms with Gasteiger partial charge in [0.15, 0.2) is 5.69 Å². The monoisotopic (exact) mass is 290 g/mol. The largest absolute Gasteiger partial charge is 0.383 e. The molecule has 5 N–H and O–H groups in total. The number of nitrogens with one attached hydrogen (secondary N) is 3. The molecule has 112 valence electrons. The number of aromatic amines is 2. The Morgan fingerprint density at radius 3 is 2.86 bits per heavy atom. The second kappa shape index (κ2) is 6.21. The summed E-state index contributed by atoms with van der Waals surface area (Å²) in [4.78, 5) is 29.8. The van der Waals surface area contributed by atoms with Gasteiger partial charge in [-0.15, -0.1) is 0 Å². The molecule has 2 rings (SSSR count). The lowest BCUT2D eigenvalue weighted by Gasteiger charge is -2.04. The molecule has 0 aliphatic rings. The number of rotatable bonds is 5. The molecule has 0 fully saturated rings. The fourth-order valence-electron chi connectivity index (χ4n) is 2.02. The number of hydrogen-bond acceptors (Lipinski definition) is 5. The van der Waals surface area contributed by atoms with Gasteiger partial charge in [0, 0.05) is 30.3 Å². The highest BCUT2D eigenvalue weighted by molar-refractivity contribution is 5.93. The van der Waals surface area contributed by atoms with E-state index in [4.69, 9.17) is 5.73 Å². The third-order valence-electron chi connectivity index (χ3n) is 3.14. The van der Waals surface area contributed by atoms with Crippen molar-refractivity contribution in [1.29, 1.82) is 0 Å². The number of H-pyrrole nitrogens is 2. The molecule has 8 nitrogen and oxygen atoms in total. The number of aryl methyl sites for hydroxylation is 1. The number of amides is 1. The Labute approximate surface area is 121 Å². The van der Waals surface area contributed by atoms with E-state index in [1.54, 1.807) is 0 Å². The van der Waals surface area contributed by atoms with Gasteiger partial charge >= 0.3 is 0 Å². The summed E-state index contributed by atoms with van der Waals surface area (Å²) in [5, 5.41) is 9.59. The quantitative estimate of drug-likeness (QED) is 0.612. The molecule has 2 aromatic heterocycles. The summed E-state index contributed by atoms with van der Waals surface area (Å²) in [6.45, 7) is 4.18. The molecule has 0 aromatic carbocycles. The topological polar surface area (TPSA) is 130 Å². The molecule has 0 aliphatic carbocycles. The van der Waals surface area contributed by atoms with Crippen LogP contribution < -0.4 is 16.6 Å². The van der Waals surface area contributed by atoms with E-state index >= 15 is 0 Å². The average molecular weight is 290 g/mol. The Balaban J connectivity index is 1.95. The summed E-state index contributed by atoms with van der Waals surface area (Å²) >= 11 is 0. The van der Waals surface area contributed by atoms with Crippen LogP contribution in [0.3, 0.4) is 0 Å². The predicted octanol–water partition coefficient (Wildman–Crippen LogP) is -0.0815. The van der Waals surface area contributed by atoms with Gasteiger partial charge in [-0.25, -0.2) is 4.98 Å². The highest BCUT2D eigenvalue weighted by Crippen LogP contribution is 2.09. The lowest BCUT2D eigenvalue weighted by atomic mass is 10.1. The van der Waals surface area contributed by atoms with Crippen molar-refractivity contribution in [2.75, 3.05) is 12.3 Å². The van der Waals surface area contributed by atoms with E-state index in [1.807, 2.05) is 13.8 Å². The number of aromatic nitrogens is 4. The Morgan fingerprint density at radius 2 is 2.24 bits per heavy atom. The molecule has 0 atom stereocenters. The second-order valence-corrected chi connectivity index (χ2v) is 4.65. The van der Waals surface area contributed by atoms with E-state index in [9.17, 15) is 9.59 Å². The summed E-state index contributed by atoms with van der Waals surface area (Å²) in [6, 6.07) is 1.21. The first-order valence-electron chi connectivity index (χ1n) is 6.69. The number of nitrogen functional groups attached to an aromatic ring is 1. The van der Waals surface area contributed by atoms with Crippen molar-refractivity contribution in [3.05, 3.63) is 39.2 Å². The molecule has 0 saturated heterocycles. The minimum Gasteiger partial charge on any atom is -0.383 e. The lowest BCUT2D eigenvalue weighted by molar-refractivity contribution is 0.0948. The Hall–Kier alpha value is -2.64. The minimum absolute atomic E-state index is 0.163. The maximum atomic E-state index is 12.0.